The van der Waals surface area contributed by atoms with Crippen molar-refractivity contribution >= 4 is 5.97 Å². The Bertz CT molecular complexity index is 404. The van der Waals surface area contributed by atoms with E-state index in [9.17, 15) is 4.79 Å². The quantitative estimate of drug-likeness (QED) is 0.783. The lowest BCUT2D eigenvalue weighted by Gasteiger charge is -2.08. The lowest BCUT2D eigenvalue weighted by atomic mass is 10.1. The predicted octanol–water partition coefficient (Wildman–Crippen LogP) is 1.60. The van der Waals surface area contributed by atoms with Crippen LogP contribution in [0, 0.1) is 11.3 Å². The third-order valence-corrected chi connectivity index (χ3v) is 2.05. The van der Waals surface area contributed by atoms with E-state index in [0.717, 1.165) is 5.56 Å². The van der Waals surface area contributed by atoms with Gasteiger partial charge in [-0.05, 0) is 31.5 Å². The molecule has 1 aromatic carbocycles. The van der Waals surface area contributed by atoms with Crippen molar-refractivity contribution in [3.8, 4) is 6.07 Å². The molecule has 0 bridgehead atoms. The third-order valence-electron chi connectivity index (χ3n) is 2.05. The van der Waals surface area contributed by atoms with E-state index < -0.39 is 0 Å². The molecule has 17 heavy (non-hydrogen) atoms. The van der Waals surface area contributed by atoms with Crippen molar-refractivity contribution in [2.24, 2.45) is 0 Å². The van der Waals surface area contributed by atoms with Crippen LogP contribution in [-0.4, -0.2) is 18.6 Å². The maximum atomic E-state index is 11.2. The van der Waals surface area contributed by atoms with Crippen molar-refractivity contribution in [2.75, 3.05) is 6.54 Å². The Morgan fingerprint density at radius 2 is 2.06 bits per heavy atom. The van der Waals surface area contributed by atoms with Crippen LogP contribution in [0.15, 0.2) is 24.3 Å². The third kappa shape index (κ3) is 5.14. The minimum atomic E-state index is -0.256. The second-order valence-electron chi connectivity index (χ2n) is 3.95. The molecule has 1 N–H and O–H groups in total. The summed E-state index contributed by atoms with van der Waals surface area (Å²) >= 11 is 0. The molecule has 90 valence electrons. The highest BCUT2D eigenvalue weighted by molar-refractivity contribution is 5.71. The van der Waals surface area contributed by atoms with Gasteiger partial charge in [-0.1, -0.05) is 12.1 Å². The van der Waals surface area contributed by atoms with Gasteiger partial charge in [0.1, 0.15) is 0 Å². The highest BCUT2D eigenvalue weighted by Crippen LogP contribution is 2.02. The van der Waals surface area contributed by atoms with E-state index in [4.69, 9.17) is 10.00 Å². The maximum absolute atomic E-state index is 11.2. The standard InChI is InChI=1S/C13H16N2O2/c1-10(2)17-13(16)9-15-8-12-5-3-11(7-14)4-6-12/h3-6,10,15H,8-9H2,1-2H3. The van der Waals surface area contributed by atoms with Crippen molar-refractivity contribution < 1.29 is 9.53 Å². The number of ether oxygens (including phenoxy) is 1. The average molecular weight is 232 g/mol. The van der Waals surface area contributed by atoms with Gasteiger partial charge in [0.25, 0.3) is 0 Å². The van der Waals surface area contributed by atoms with E-state index in [1.54, 1.807) is 12.1 Å². The number of nitrogens with one attached hydrogen (secondary N) is 1. The summed E-state index contributed by atoms with van der Waals surface area (Å²) in [7, 11) is 0. The van der Waals surface area contributed by atoms with Crippen LogP contribution in [-0.2, 0) is 16.1 Å². The number of benzene rings is 1. The minimum absolute atomic E-state index is 0.0841. The van der Waals surface area contributed by atoms with E-state index in [1.807, 2.05) is 26.0 Å². The van der Waals surface area contributed by atoms with Crippen LogP contribution in [0.5, 0.6) is 0 Å². The van der Waals surface area contributed by atoms with E-state index >= 15 is 0 Å². The summed E-state index contributed by atoms with van der Waals surface area (Å²) in [6, 6.07) is 9.28. The zero-order valence-electron chi connectivity index (χ0n) is 10.1. The van der Waals surface area contributed by atoms with Gasteiger partial charge in [0.15, 0.2) is 0 Å². The molecule has 0 heterocycles. The number of rotatable bonds is 5. The molecule has 0 aliphatic carbocycles. The van der Waals surface area contributed by atoms with Gasteiger partial charge in [-0.2, -0.15) is 5.26 Å². The summed E-state index contributed by atoms with van der Waals surface area (Å²) in [5.41, 5.74) is 1.66. The smallest absolute Gasteiger partial charge is 0.320 e. The van der Waals surface area contributed by atoms with Gasteiger partial charge in [-0.3, -0.25) is 4.79 Å². The number of esters is 1. The van der Waals surface area contributed by atoms with Gasteiger partial charge in [-0.15, -0.1) is 0 Å². The van der Waals surface area contributed by atoms with Gasteiger partial charge in [0.2, 0.25) is 0 Å². The van der Waals surface area contributed by atoms with Crippen LogP contribution < -0.4 is 5.32 Å². The molecule has 0 aliphatic rings. The van der Waals surface area contributed by atoms with E-state index in [0.29, 0.717) is 12.1 Å². The van der Waals surface area contributed by atoms with Crippen LogP contribution in [0.1, 0.15) is 25.0 Å². The first-order valence-corrected chi connectivity index (χ1v) is 5.51. The molecule has 0 atom stereocenters. The Morgan fingerprint density at radius 1 is 1.41 bits per heavy atom. The first-order chi connectivity index (χ1) is 8.11. The lowest BCUT2D eigenvalue weighted by Crippen LogP contribution is -2.26. The Labute approximate surface area is 101 Å². The summed E-state index contributed by atoms with van der Waals surface area (Å²) in [4.78, 5) is 11.2. The van der Waals surface area contributed by atoms with Crippen molar-refractivity contribution in [1.29, 1.82) is 5.26 Å². The molecule has 0 saturated carbocycles. The second-order valence-corrected chi connectivity index (χ2v) is 3.95. The molecule has 1 rings (SSSR count). The zero-order valence-corrected chi connectivity index (χ0v) is 10.1. The van der Waals surface area contributed by atoms with E-state index in [-0.39, 0.29) is 18.6 Å². The molecular weight excluding hydrogens is 216 g/mol. The number of nitrogens with zero attached hydrogens (tertiary/aromatic N) is 1. The monoisotopic (exact) mass is 232 g/mol. The van der Waals surface area contributed by atoms with Crippen molar-refractivity contribution in [3.63, 3.8) is 0 Å². The van der Waals surface area contributed by atoms with Crippen molar-refractivity contribution in [1.82, 2.24) is 5.32 Å². The predicted molar refractivity (Wildman–Crippen MR) is 64.1 cm³/mol. The maximum Gasteiger partial charge on any atom is 0.320 e. The fourth-order valence-electron chi connectivity index (χ4n) is 1.31. The molecule has 0 aromatic heterocycles. The zero-order chi connectivity index (χ0) is 12.7. The van der Waals surface area contributed by atoms with Crippen LogP contribution in [0.4, 0.5) is 0 Å². The van der Waals surface area contributed by atoms with Gasteiger partial charge in [0, 0.05) is 6.54 Å². The Kier molecular flexibility index (Phi) is 5.18. The Hall–Kier alpha value is -1.86. The van der Waals surface area contributed by atoms with Crippen LogP contribution in [0.3, 0.4) is 0 Å². The molecule has 1 aromatic rings. The fraction of sp³-hybridized carbons (Fsp3) is 0.385. The topological polar surface area (TPSA) is 62.1 Å². The summed E-state index contributed by atoms with van der Waals surface area (Å²) in [6.45, 7) is 4.41. The number of carbonyl (C=O) groups excluding carboxylic acids is 1. The Balaban J connectivity index is 2.31. The fourth-order valence-corrected chi connectivity index (χ4v) is 1.31. The molecule has 0 amide bonds. The molecule has 4 nitrogen and oxygen atoms in total. The minimum Gasteiger partial charge on any atom is -0.462 e. The van der Waals surface area contributed by atoms with Gasteiger partial charge in [0.05, 0.1) is 24.3 Å². The van der Waals surface area contributed by atoms with Crippen LogP contribution in [0.25, 0.3) is 0 Å². The molecule has 0 saturated heterocycles. The summed E-state index contributed by atoms with van der Waals surface area (Å²) in [5.74, 6) is -0.256. The number of carbonyl (C=O) groups is 1. The highest BCUT2D eigenvalue weighted by atomic mass is 16.5. The molecule has 0 radical (unpaired) electrons. The van der Waals surface area contributed by atoms with E-state index in [2.05, 4.69) is 11.4 Å². The van der Waals surface area contributed by atoms with Gasteiger partial charge >= 0.3 is 5.97 Å². The second kappa shape index (κ2) is 6.66. The first-order valence-electron chi connectivity index (χ1n) is 5.51. The summed E-state index contributed by atoms with van der Waals surface area (Å²) in [5, 5.41) is 11.6. The Morgan fingerprint density at radius 3 is 2.59 bits per heavy atom. The average Bonchev–Trinajstić information content (AvgIpc) is 2.29. The van der Waals surface area contributed by atoms with Gasteiger partial charge < -0.3 is 10.1 Å². The number of hydrogen-bond donors (Lipinski definition) is 1. The van der Waals surface area contributed by atoms with Gasteiger partial charge in [-0.25, -0.2) is 0 Å². The van der Waals surface area contributed by atoms with E-state index in [1.165, 1.54) is 0 Å². The number of hydrogen-bond acceptors (Lipinski definition) is 4. The number of nitriles is 1. The SMILES string of the molecule is CC(C)OC(=O)CNCc1ccc(C#N)cc1. The van der Waals surface area contributed by atoms with Crippen molar-refractivity contribution in [2.45, 2.75) is 26.5 Å². The molecular formula is C13H16N2O2. The van der Waals surface area contributed by atoms with Crippen LogP contribution >= 0.6 is 0 Å². The van der Waals surface area contributed by atoms with Crippen molar-refractivity contribution in [3.05, 3.63) is 35.4 Å². The molecule has 0 unspecified atom stereocenters. The summed E-state index contributed by atoms with van der Waals surface area (Å²) < 4.78 is 4.98. The lowest BCUT2D eigenvalue weighted by molar-refractivity contribution is -0.146. The normalized spacial score (nSPS) is 10.0. The molecule has 0 aliphatic heterocycles. The van der Waals surface area contributed by atoms with Crippen LogP contribution in [0.2, 0.25) is 0 Å². The summed E-state index contributed by atoms with van der Waals surface area (Å²) in [6.07, 6.45) is -0.0841. The first kappa shape index (κ1) is 13.2. The molecule has 0 spiro atoms. The highest BCUT2D eigenvalue weighted by Gasteiger charge is 2.04. The molecule has 0 fully saturated rings. The largest absolute Gasteiger partial charge is 0.462 e. The molecule has 4 heteroatoms.